The van der Waals surface area contributed by atoms with Gasteiger partial charge in [-0.05, 0) is 37.7 Å². The number of carbonyl (C=O) groups is 1. The van der Waals surface area contributed by atoms with Gasteiger partial charge in [0.25, 0.3) is 5.91 Å². The number of hydrogen-bond acceptors (Lipinski definition) is 5. The molecule has 5 rings (SSSR count). The van der Waals surface area contributed by atoms with E-state index in [0.717, 1.165) is 54.3 Å². The fraction of sp³-hybridized carbons (Fsp3) is 0.556. The quantitative estimate of drug-likeness (QED) is 0.695. The van der Waals surface area contributed by atoms with Crippen molar-refractivity contribution in [3.8, 4) is 0 Å². The highest BCUT2D eigenvalue weighted by Gasteiger charge is 2.28. The SMILES string of the molecule is Cc1nc2sc3c(c2c2nc(C(=O)N4CC[NH2+]CC4)nn12)[C@@H](C)CCC3. The lowest BCUT2D eigenvalue weighted by molar-refractivity contribution is -0.661. The predicted molar refractivity (Wildman–Crippen MR) is 99.8 cm³/mol. The van der Waals surface area contributed by atoms with Crippen LogP contribution in [0.4, 0.5) is 0 Å². The third kappa shape index (κ3) is 2.35. The number of fused-ring (bicyclic) bond motifs is 5. The Bertz CT molecular complexity index is 1020. The first-order valence-electron chi connectivity index (χ1n) is 9.43. The minimum Gasteiger partial charge on any atom is -0.343 e. The van der Waals surface area contributed by atoms with Gasteiger partial charge < -0.3 is 10.2 Å². The summed E-state index contributed by atoms with van der Waals surface area (Å²) in [6.07, 6.45) is 3.55. The van der Waals surface area contributed by atoms with Crippen molar-refractivity contribution in [2.75, 3.05) is 26.2 Å². The van der Waals surface area contributed by atoms with E-state index in [1.165, 1.54) is 23.3 Å². The number of nitrogens with two attached hydrogens (primary N) is 1. The normalized spacial score (nSPS) is 20.7. The summed E-state index contributed by atoms with van der Waals surface area (Å²) in [6.45, 7) is 7.62. The molecule has 26 heavy (non-hydrogen) atoms. The zero-order valence-electron chi connectivity index (χ0n) is 15.2. The van der Waals surface area contributed by atoms with Crippen molar-refractivity contribution in [3.63, 3.8) is 0 Å². The van der Waals surface area contributed by atoms with Crippen LogP contribution in [0, 0.1) is 6.92 Å². The van der Waals surface area contributed by atoms with Crippen LogP contribution in [0.5, 0.6) is 0 Å². The largest absolute Gasteiger partial charge is 0.343 e. The Morgan fingerprint density at radius 1 is 1.27 bits per heavy atom. The Morgan fingerprint density at radius 2 is 2.08 bits per heavy atom. The number of nitrogens with zero attached hydrogens (tertiary/aromatic N) is 5. The fourth-order valence-corrected chi connectivity index (χ4v) is 5.65. The van der Waals surface area contributed by atoms with Crippen molar-refractivity contribution < 1.29 is 10.1 Å². The molecule has 2 aliphatic rings. The number of hydrogen-bond donors (Lipinski definition) is 1. The van der Waals surface area contributed by atoms with Crippen molar-refractivity contribution in [1.82, 2.24) is 24.5 Å². The molecule has 2 N–H and O–H groups in total. The highest BCUT2D eigenvalue weighted by Crippen LogP contribution is 2.42. The molecular weight excluding hydrogens is 348 g/mol. The van der Waals surface area contributed by atoms with Gasteiger partial charge in [0.05, 0.1) is 31.6 Å². The van der Waals surface area contributed by atoms with Crippen LogP contribution in [0.2, 0.25) is 0 Å². The summed E-state index contributed by atoms with van der Waals surface area (Å²) in [5, 5.41) is 7.88. The Hall–Kier alpha value is -2.06. The summed E-state index contributed by atoms with van der Waals surface area (Å²) >= 11 is 1.79. The van der Waals surface area contributed by atoms with Crippen LogP contribution < -0.4 is 5.32 Å². The molecule has 3 aromatic rings. The topological polar surface area (TPSA) is 80.0 Å². The Balaban J connectivity index is 1.69. The van der Waals surface area contributed by atoms with Gasteiger partial charge in [-0.15, -0.1) is 16.4 Å². The number of aromatic nitrogens is 4. The average molecular weight is 371 g/mol. The van der Waals surface area contributed by atoms with E-state index in [-0.39, 0.29) is 5.91 Å². The summed E-state index contributed by atoms with van der Waals surface area (Å²) < 4.78 is 1.76. The van der Waals surface area contributed by atoms with Crippen LogP contribution >= 0.6 is 11.3 Å². The lowest BCUT2D eigenvalue weighted by Gasteiger charge is -2.23. The summed E-state index contributed by atoms with van der Waals surface area (Å²) in [7, 11) is 0. The third-order valence-corrected chi connectivity index (χ3v) is 6.78. The van der Waals surface area contributed by atoms with Crippen molar-refractivity contribution >= 4 is 33.1 Å². The molecule has 1 fully saturated rings. The van der Waals surface area contributed by atoms with E-state index in [2.05, 4.69) is 17.3 Å². The molecule has 7 nitrogen and oxygen atoms in total. The molecule has 1 atom stereocenters. The summed E-state index contributed by atoms with van der Waals surface area (Å²) in [5.41, 5.74) is 2.18. The third-order valence-electron chi connectivity index (χ3n) is 5.62. The van der Waals surface area contributed by atoms with E-state index in [4.69, 9.17) is 9.97 Å². The van der Waals surface area contributed by atoms with E-state index < -0.39 is 0 Å². The Labute approximate surface area is 155 Å². The van der Waals surface area contributed by atoms with Crippen molar-refractivity contribution in [2.24, 2.45) is 0 Å². The zero-order valence-corrected chi connectivity index (χ0v) is 16.0. The molecule has 1 saturated heterocycles. The molecule has 0 saturated carbocycles. The number of aryl methyl sites for hydroxylation is 2. The second-order valence-corrected chi connectivity index (χ2v) is 8.48. The van der Waals surface area contributed by atoms with E-state index in [1.54, 1.807) is 15.9 Å². The smallest absolute Gasteiger partial charge is 0.293 e. The van der Waals surface area contributed by atoms with Crippen molar-refractivity contribution in [2.45, 2.75) is 39.0 Å². The average Bonchev–Trinajstić information content (AvgIpc) is 3.24. The molecule has 0 unspecified atom stereocenters. The molecule has 0 radical (unpaired) electrons. The van der Waals surface area contributed by atoms with Gasteiger partial charge >= 0.3 is 0 Å². The van der Waals surface area contributed by atoms with Gasteiger partial charge in [0.2, 0.25) is 5.82 Å². The van der Waals surface area contributed by atoms with Crippen LogP contribution in [0.3, 0.4) is 0 Å². The van der Waals surface area contributed by atoms with Gasteiger partial charge in [0.15, 0.2) is 5.65 Å². The molecule has 1 amide bonds. The summed E-state index contributed by atoms with van der Waals surface area (Å²) in [6, 6.07) is 0. The summed E-state index contributed by atoms with van der Waals surface area (Å²) in [5.74, 6) is 1.53. The second-order valence-electron chi connectivity index (χ2n) is 7.40. The number of rotatable bonds is 1. The maximum Gasteiger partial charge on any atom is 0.293 e. The zero-order chi connectivity index (χ0) is 17.8. The van der Waals surface area contributed by atoms with Crippen LogP contribution in [0.25, 0.3) is 15.9 Å². The Morgan fingerprint density at radius 3 is 2.88 bits per heavy atom. The van der Waals surface area contributed by atoms with Crippen LogP contribution in [-0.2, 0) is 6.42 Å². The molecule has 1 aliphatic carbocycles. The van der Waals surface area contributed by atoms with Gasteiger partial charge in [0, 0.05) is 4.88 Å². The molecular formula is C18H23N6OS+. The van der Waals surface area contributed by atoms with E-state index in [0.29, 0.717) is 11.7 Å². The minimum absolute atomic E-state index is 0.0634. The number of thiophene rings is 1. The molecule has 0 bridgehead atoms. The monoisotopic (exact) mass is 371 g/mol. The highest BCUT2D eigenvalue weighted by molar-refractivity contribution is 7.19. The van der Waals surface area contributed by atoms with Crippen LogP contribution in [0.1, 0.15) is 52.6 Å². The summed E-state index contributed by atoms with van der Waals surface area (Å²) in [4.78, 5) is 26.7. The van der Waals surface area contributed by atoms with Crippen LogP contribution in [0.15, 0.2) is 0 Å². The molecule has 4 heterocycles. The van der Waals surface area contributed by atoms with Crippen molar-refractivity contribution in [1.29, 1.82) is 0 Å². The maximum atomic E-state index is 12.9. The lowest BCUT2D eigenvalue weighted by Crippen LogP contribution is -2.89. The van der Waals surface area contributed by atoms with Gasteiger partial charge in [-0.2, -0.15) is 4.52 Å². The molecule has 0 aromatic carbocycles. The van der Waals surface area contributed by atoms with E-state index >= 15 is 0 Å². The number of quaternary nitrogens is 1. The number of amides is 1. The molecule has 3 aromatic heterocycles. The first kappa shape index (κ1) is 16.1. The molecule has 1 aliphatic heterocycles. The minimum atomic E-state index is -0.0634. The Kier molecular flexibility index (Phi) is 3.72. The van der Waals surface area contributed by atoms with E-state index in [1.807, 2.05) is 11.8 Å². The van der Waals surface area contributed by atoms with Gasteiger partial charge in [-0.25, -0.2) is 9.97 Å². The molecule has 8 heteroatoms. The highest BCUT2D eigenvalue weighted by atomic mass is 32.1. The van der Waals surface area contributed by atoms with E-state index in [9.17, 15) is 4.79 Å². The maximum absolute atomic E-state index is 12.9. The molecule has 136 valence electrons. The van der Waals surface area contributed by atoms with Crippen LogP contribution in [-0.4, -0.2) is 56.6 Å². The standard InChI is InChI=1S/C18H22N6OS/c1-10-4-3-5-12-13(10)14-16-21-15(18(25)23-8-6-19-7-9-23)22-24(16)11(2)20-17(14)26-12/h10,19H,3-9H2,1-2H3/p+1/t10-/m0/s1. The van der Waals surface area contributed by atoms with Gasteiger partial charge in [-0.1, -0.05) is 6.92 Å². The first-order valence-corrected chi connectivity index (χ1v) is 10.2. The fourth-order valence-electron chi connectivity index (χ4n) is 4.27. The lowest BCUT2D eigenvalue weighted by atomic mass is 9.87. The predicted octanol–water partition coefficient (Wildman–Crippen LogP) is 1.11. The van der Waals surface area contributed by atoms with Crippen molar-refractivity contribution in [3.05, 3.63) is 22.1 Å². The second kappa shape index (κ2) is 5.99. The van der Waals surface area contributed by atoms with Gasteiger partial charge in [0.1, 0.15) is 10.7 Å². The number of carbonyl (C=O) groups excluding carboxylic acids is 1. The number of piperazine rings is 1. The molecule has 0 spiro atoms. The first-order chi connectivity index (χ1) is 12.6. The van der Waals surface area contributed by atoms with Gasteiger partial charge in [-0.3, -0.25) is 4.79 Å².